The van der Waals surface area contributed by atoms with E-state index in [2.05, 4.69) is 5.32 Å². The number of nitriles is 1. The zero-order valence-electron chi connectivity index (χ0n) is 10.5. The first-order valence-corrected chi connectivity index (χ1v) is 6.23. The summed E-state index contributed by atoms with van der Waals surface area (Å²) in [5.74, 6) is 0.744. The quantitative estimate of drug-likeness (QED) is 0.645. The van der Waals surface area contributed by atoms with Crippen LogP contribution in [0.2, 0.25) is 0 Å². The molecule has 0 bridgehead atoms. The molecule has 1 aromatic rings. The molecule has 1 aromatic carbocycles. The Bertz CT molecular complexity index is 504. The van der Waals surface area contributed by atoms with E-state index in [4.69, 9.17) is 10.00 Å². The van der Waals surface area contributed by atoms with Crippen LogP contribution in [0.1, 0.15) is 18.4 Å². The Kier molecular flexibility index (Phi) is 4.31. The summed E-state index contributed by atoms with van der Waals surface area (Å²) in [6.45, 7) is 2.43. The molecule has 1 saturated heterocycles. The molecule has 1 unspecified atom stereocenters. The third-order valence-electron chi connectivity index (χ3n) is 3.23. The van der Waals surface area contributed by atoms with E-state index in [1.807, 2.05) is 6.07 Å². The van der Waals surface area contributed by atoms with E-state index >= 15 is 0 Å². The van der Waals surface area contributed by atoms with Crippen molar-refractivity contribution in [2.24, 2.45) is 5.92 Å². The van der Waals surface area contributed by atoms with Crippen molar-refractivity contribution in [3.63, 3.8) is 0 Å². The highest BCUT2D eigenvalue weighted by molar-refractivity contribution is 5.51. The smallest absolute Gasteiger partial charge is 0.311 e. The Morgan fingerprint density at radius 2 is 2.42 bits per heavy atom. The average molecular weight is 261 g/mol. The second kappa shape index (κ2) is 6.16. The summed E-state index contributed by atoms with van der Waals surface area (Å²) in [5, 5.41) is 22.9. The Morgan fingerprint density at radius 1 is 1.58 bits per heavy atom. The van der Waals surface area contributed by atoms with E-state index in [1.54, 1.807) is 0 Å². The first-order valence-electron chi connectivity index (χ1n) is 6.23. The number of ether oxygens (including phenoxy) is 1. The van der Waals surface area contributed by atoms with Gasteiger partial charge >= 0.3 is 5.69 Å². The summed E-state index contributed by atoms with van der Waals surface area (Å²) in [7, 11) is 0. The molecule has 0 radical (unpaired) electrons. The molecule has 0 aliphatic carbocycles. The van der Waals surface area contributed by atoms with Crippen molar-refractivity contribution < 1.29 is 9.66 Å². The van der Waals surface area contributed by atoms with Crippen molar-refractivity contribution in [3.8, 4) is 11.8 Å². The number of nitro groups is 1. The summed E-state index contributed by atoms with van der Waals surface area (Å²) in [6, 6.07) is 6.11. The lowest BCUT2D eigenvalue weighted by Crippen LogP contribution is -2.12. The Morgan fingerprint density at radius 3 is 3.05 bits per heavy atom. The fourth-order valence-corrected chi connectivity index (χ4v) is 2.15. The number of benzene rings is 1. The molecule has 6 nitrogen and oxygen atoms in total. The van der Waals surface area contributed by atoms with Gasteiger partial charge in [0.25, 0.3) is 0 Å². The molecule has 100 valence electrons. The molecule has 0 saturated carbocycles. The van der Waals surface area contributed by atoms with Gasteiger partial charge in [0.2, 0.25) is 0 Å². The molecule has 1 atom stereocenters. The van der Waals surface area contributed by atoms with Crippen LogP contribution in [-0.2, 0) is 0 Å². The Balaban J connectivity index is 2.00. The number of nitrogens with one attached hydrogen (secondary N) is 1. The van der Waals surface area contributed by atoms with Crippen molar-refractivity contribution >= 4 is 5.69 Å². The van der Waals surface area contributed by atoms with Crippen LogP contribution in [0.5, 0.6) is 5.75 Å². The number of hydrogen-bond donors (Lipinski definition) is 1. The van der Waals surface area contributed by atoms with Crippen molar-refractivity contribution in [2.45, 2.75) is 12.8 Å². The fraction of sp³-hybridized carbons (Fsp3) is 0.462. The van der Waals surface area contributed by atoms with E-state index in [0.717, 1.165) is 25.9 Å². The molecule has 0 aromatic heterocycles. The van der Waals surface area contributed by atoms with E-state index in [0.29, 0.717) is 18.1 Å². The van der Waals surface area contributed by atoms with Gasteiger partial charge in [-0.05, 0) is 37.9 Å². The highest BCUT2D eigenvalue weighted by atomic mass is 16.6. The third-order valence-corrected chi connectivity index (χ3v) is 3.23. The topological polar surface area (TPSA) is 88.2 Å². The summed E-state index contributed by atoms with van der Waals surface area (Å²) in [4.78, 5) is 10.4. The van der Waals surface area contributed by atoms with Gasteiger partial charge in [-0.3, -0.25) is 10.1 Å². The lowest BCUT2D eigenvalue weighted by molar-refractivity contribution is -0.385. The van der Waals surface area contributed by atoms with Gasteiger partial charge in [-0.2, -0.15) is 5.26 Å². The van der Waals surface area contributed by atoms with E-state index in [9.17, 15) is 10.1 Å². The average Bonchev–Trinajstić information content (AvgIpc) is 2.91. The van der Waals surface area contributed by atoms with Crippen molar-refractivity contribution in [3.05, 3.63) is 33.9 Å². The predicted octanol–water partition coefficient (Wildman–Crippen LogP) is 1.84. The molecule has 6 heteroatoms. The largest absolute Gasteiger partial charge is 0.487 e. The standard InChI is InChI=1S/C13H15N3O3/c14-8-11-1-2-12(16(17)18)13(7-11)19-6-4-10-3-5-15-9-10/h1-2,7,10,15H,3-6,9H2. The Labute approximate surface area is 111 Å². The molecule has 1 heterocycles. The van der Waals surface area contributed by atoms with E-state index < -0.39 is 4.92 Å². The first-order chi connectivity index (χ1) is 9.20. The van der Waals surface area contributed by atoms with Gasteiger partial charge in [0.15, 0.2) is 5.75 Å². The van der Waals surface area contributed by atoms with Gasteiger partial charge in [0.1, 0.15) is 0 Å². The second-order valence-electron chi connectivity index (χ2n) is 4.55. The molecular weight excluding hydrogens is 246 g/mol. The normalized spacial score (nSPS) is 17.9. The number of hydrogen-bond acceptors (Lipinski definition) is 5. The highest BCUT2D eigenvalue weighted by Gasteiger charge is 2.18. The van der Waals surface area contributed by atoms with Gasteiger partial charge in [-0.1, -0.05) is 0 Å². The molecule has 1 N–H and O–H groups in total. The molecule has 1 aliphatic heterocycles. The maximum absolute atomic E-state index is 10.9. The van der Waals surface area contributed by atoms with E-state index in [-0.39, 0.29) is 11.4 Å². The van der Waals surface area contributed by atoms with Gasteiger partial charge in [0.05, 0.1) is 23.2 Å². The van der Waals surface area contributed by atoms with Gasteiger partial charge in [0, 0.05) is 12.1 Å². The van der Waals surface area contributed by atoms with Crippen LogP contribution in [0.15, 0.2) is 18.2 Å². The minimum Gasteiger partial charge on any atom is -0.487 e. The fourth-order valence-electron chi connectivity index (χ4n) is 2.15. The minimum atomic E-state index is -0.492. The van der Waals surface area contributed by atoms with Crippen molar-refractivity contribution in [1.82, 2.24) is 5.32 Å². The van der Waals surface area contributed by atoms with Crippen LogP contribution in [0.4, 0.5) is 5.69 Å². The Hall–Kier alpha value is -2.13. The molecule has 1 aliphatic rings. The van der Waals surface area contributed by atoms with Crippen LogP contribution in [0.25, 0.3) is 0 Å². The third kappa shape index (κ3) is 3.42. The van der Waals surface area contributed by atoms with Crippen LogP contribution in [0.3, 0.4) is 0 Å². The summed E-state index contributed by atoms with van der Waals surface area (Å²) < 4.78 is 5.48. The molecular formula is C13H15N3O3. The zero-order valence-corrected chi connectivity index (χ0v) is 10.5. The molecule has 1 fully saturated rings. The summed E-state index contributed by atoms with van der Waals surface area (Å²) in [5.41, 5.74) is 0.270. The van der Waals surface area contributed by atoms with Gasteiger partial charge in [-0.15, -0.1) is 0 Å². The summed E-state index contributed by atoms with van der Waals surface area (Å²) in [6.07, 6.45) is 1.98. The lowest BCUT2D eigenvalue weighted by Gasteiger charge is -2.10. The van der Waals surface area contributed by atoms with E-state index in [1.165, 1.54) is 18.2 Å². The molecule has 19 heavy (non-hydrogen) atoms. The predicted molar refractivity (Wildman–Crippen MR) is 68.9 cm³/mol. The van der Waals surface area contributed by atoms with Crippen LogP contribution >= 0.6 is 0 Å². The van der Waals surface area contributed by atoms with Crippen molar-refractivity contribution in [1.29, 1.82) is 5.26 Å². The summed E-state index contributed by atoms with van der Waals surface area (Å²) >= 11 is 0. The maximum Gasteiger partial charge on any atom is 0.311 e. The van der Waals surface area contributed by atoms with Gasteiger partial charge < -0.3 is 10.1 Å². The maximum atomic E-state index is 10.9. The van der Waals surface area contributed by atoms with Gasteiger partial charge in [-0.25, -0.2) is 0 Å². The monoisotopic (exact) mass is 261 g/mol. The second-order valence-corrected chi connectivity index (χ2v) is 4.55. The molecule has 2 rings (SSSR count). The van der Waals surface area contributed by atoms with Crippen molar-refractivity contribution in [2.75, 3.05) is 19.7 Å². The lowest BCUT2D eigenvalue weighted by atomic mass is 10.1. The number of nitrogens with zero attached hydrogens (tertiary/aromatic N) is 2. The number of rotatable bonds is 5. The van der Waals surface area contributed by atoms with Crippen LogP contribution in [0, 0.1) is 27.4 Å². The molecule has 0 spiro atoms. The van der Waals surface area contributed by atoms with Crippen LogP contribution < -0.4 is 10.1 Å². The first kappa shape index (κ1) is 13.3. The zero-order chi connectivity index (χ0) is 13.7. The minimum absolute atomic E-state index is 0.0939. The SMILES string of the molecule is N#Cc1ccc([N+](=O)[O-])c(OCCC2CCNC2)c1. The molecule has 0 amide bonds. The van der Waals surface area contributed by atoms with Crippen LogP contribution in [-0.4, -0.2) is 24.6 Å². The number of nitro benzene ring substituents is 1. The highest BCUT2D eigenvalue weighted by Crippen LogP contribution is 2.28.